The SMILES string of the molecule is COc1ccc(CNc2nc(N3CC(O)C3)nc(-n3ncc(C=CCN4CCN(c5cc(F)cc(F)c5)CC4)c3C)n2)cc1. The average molecular weight is 604 g/mol. The molecule has 6 rings (SSSR count). The van der Waals surface area contributed by atoms with Crippen LogP contribution in [-0.2, 0) is 6.54 Å². The monoisotopic (exact) mass is 603 g/mol. The van der Waals surface area contributed by atoms with Crippen molar-refractivity contribution in [1.29, 1.82) is 0 Å². The second-order valence-electron chi connectivity index (χ2n) is 10.9. The van der Waals surface area contributed by atoms with Crippen molar-refractivity contribution in [1.82, 2.24) is 29.6 Å². The van der Waals surface area contributed by atoms with Gasteiger partial charge in [-0.1, -0.05) is 24.3 Å². The molecule has 44 heavy (non-hydrogen) atoms. The second kappa shape index (κ2) is 12.9. The molecule has 2 saturated heterocycles. The summed E-state index contributed by atoms with van der Waals surface area (Å²) in [5.41, 5.74) is 3.43. The highest BCUT2D eigenvalue weighted by molar-refractivity contribution is 5.53. The molecule has 0 spiro atoms. The van der Waals surface area contributed by atoms with E-state index in [9.17, 15) is 13.9 Å². The standard InChI is InChI=1S/C31H35F2N9O2/c1-21-23(4-3-9-39-10-12-40(13-11-39)26-15-24(32)14-25(33)16-26)18-35-42(21)31-37-29(36-30(38-31)41-19-27(43)20-41)34-17-22-5-7-28(44-2)8-6-22/h3-8,14-16,18,27,43H,9-13,17,19-20H2,1-2H3,(H,34,36,37,38). The van der Waals surface area contributed by atoms with Crippen LogP contribution in [0.5, 0.6) is 5.75 Å². The van der Waals surface area contributed by atoms with Crippen molar-refractivity contribution in [2.24, 2.45) is 0 Å². The molecule has 2 aromatic heterocycles. The van der Waals surface area contributed by atoms with E-state index < -0.39 is 17.7 Å². The van der Waals surface area contributed by atoms with E-state index in [1.807, 2.05) is 47.1 Å². The number of hydrogen-bond acceptors (Lipinski definition) is 10. The molecule has 0 aliphatic carbocycles. The zero-order valence-electron chi connectivity index (χ0n) is 24.7. The molecule has 4 aromatic rings. The predicted octanol–water partition coefficient (Wildman–Crippen LogP) is 3.28. The van der Waals surface area contributed by atoms with Crippen molar-refractivity contribution in [2.45, 2.75) is 19.6 Å². The van der Waals surface area contributed by atoms with Crippen molar-refractivity contribution in [3.63, 3.8) is 0 Å². The lowest BCUT2D eigenvalue weighted by Gasteiger charge is -2.35. The number of β-amino-alcohol motifs (C(OH)–C–C–N with tert-alkyl or cyclic N) is 1. The van der Waals surface area contributed by atoms with Crippen LogP contribution in [0.15, 0.2) is 54.7 Å². The summed E-state index contributed by atoms with van der Waals surface area (Å²) >= 11 is 0. The van der Waals surface area contributed by atoms with Crippen LogP contribution >= 0.6 is 0 Å². The molecule has 13 heteroatoms. The van der Waals surface area contributed by atoms with Crippen LogP contribution in [0.4, 0.5) is 26.4 Å². The summed E-state index contributed by atoms with van der Waals surface area (Å²) in [6.07, 6.45) is 5.50. The number of rotatable bonds is 10. The number of aliphatic hydroxyl groups excluding tert-OH is 1. The molecule has 2 aliphatic rings. The number of hydrogen-bond donors (Lipinski definition) is 2. The Morgan fingerprint density at radius 1 is 0.955 bits per heavy atom. The molecule has 2 aliphatic heterocycles. The first-order chi connectivity index (χ1) is 21.3. The van der Waals surface area contributed by atoms with Crippen molar-refractivity contribution in [2.75, 3.05) is 68.0 Å². The normalized spacial score (nSPS) is 16.0. The summed E-state index contributed by atoms with van der Waals surface area (Å²) < 4.78 is 34.2. The zero-order valence-corrected chi connectivity index (χ0v) is 24.7. The number of aromatic nitrogens is 5. The molecule has 230 valence electrons. The number of nitrogens with one attached hydrogen (secondary N) is 1. The number of piperazine rings is 1. The van der Waals surface area contributed by atoms with Crippen molar-refractivity contribution in [3.8, 4) is 11.7 Å². The number of methoxy groups -OCH3 is 1. The minimum atomic E-state index is -0.560. The Morgan fingerprint density at radius 3 is 2.34 bits per heavy atom. The quantitative estimate of drug-likeness (QED) is 0.281. The fraction of sp³-hybridized carbons (Fsp3) is 0.355. The van der Waals surface area contributed by atoms with Gasteiger partial charge in [-0.3, -0.25) is 4.90 Å². The fourth-order valence-electron chi connectivity index (χ4n) is 5.24. The molecule has 11 nitrogen and oxygen atoms in total. The topological polar surface area (TPSA) is 108 Å². The average Bonchev–Trinajstić information content (AvgIpc) is 3.38. The van der Waals surface area contributed by atoms with E-state index in [0.29, 0.717) is 56.3 Å². The number of ether oxygens (including phenoxy) is 1. The van der Waals surface area contributed by atoms with Crippen LogP contribution in [-0.4, -0.2) is 93.8 Å². The molecular formula is C31H35F2N9O2. The highest BCUT2D eigenvalue weighted by atomic mass is 19.1. The first-order valence-electron chi connectivity index (χ1n) is 14.6. The number of aliphatic hydroxyl groups is 1. The summed E-state index contributed by atoms with van der Waals surface area (Å²) in [7, 11) is 1.64. The van der Waals surface area contributed by atoms with Crippen molar-refractivity contribution >= 4 is 23.7 Å². The van der Waals surface area contributed by atoms with Crippen LogP contribution in [0.1, 0.15) is 16.8 Å². The molecule has 0 bridgehead atoms. The molecule has 0 amide bonds. The van der Waals surface area contributed by atoms with Gasteiger partial charge in [0.2, 0.25) is 11.9 Å². The number of anilines is 3. The maximum Gasteiger partial charge on any atom is 0.257 e. The highest BCUT2D eigenvalue weighted by Crippen LogP contribution is 2.22. The Bertz CT molecular complexity index is 1590. The summed E-state index contributed by atoms with van der Waals surface area (Å²) in [4.78, 5) is 20.1. The smallest absolute Gasteiger partial charge is 0.257 e. The summed E-state index contributed by atoms with van der Waals surface area (Å²) in [6.45, 7) is 7.08. The Morgan fingerprint density at radius 2 is 1.66 bits per heavy atom. The molecule has 2 fully saturated rings. The third-order valence-electron chi connectivity index (χ3n) is 7.85. The van der Waals surface area contributed by atoms with Crippen molar-refractivity contribution in [3.05, 3.63) is 83.2 Å². The maximum atomic E-state index is 13.6. The van der Waals surface area contributed by atoms with Gasteiger partial charge in [-0.2, -0.15) is 20.1 Å². The largest absolute Gasteiger partial charge is 0.497 e. The van der Waals surface area contributed by atoms with Gasteiger partial charge < -0.3 is 25.0 Å². The lowest BCUT2D eigenvalue weighted by atomic mass is 10.2. The minimum Gasteiger partial charge on any atom is -0.497 e. The van der Waals surface area contributed by atoms with E-state index >= 15 is 0 Å². The lowest BCUT2D eigenvalue weighted by molar-refractivity contribution is 0.140. The van der Waals surface area contributed by atoms with Gasteiger partial charge in [0.1, 0.15) is 17.4 Å². The zero-order chi connectivity index (χ0) is 30.6. The number of nitrogens with zero attached hydrogens (tertiary/aromatic N) is 8. The van der Waals surface area contributed by atoms with Crippen LogP contribution in [0.25, 0.3) is 12.0 Å². The van der Waals surface area contributed by atoms with Gasteiger partial charge in [0.15, 0.2) is 0 Å². The Hall–Kier alpha value is -4.62. The first-order valence-corrected chi connectivity index (χ1v) is 14.6. The Balaban J connectivity index is 1.11. The van der Waals surface area contributed by atoms with Gasteiger partial charge in [-0.05, 0) is 36.8 Å². The molecule has 2 aromatic carbocycles. The van der Waals surface area contributed by atoms with E-state index in [2.05, 4.69) is 36.3 Å². The van der Waals surface area contributed by atoms with Gasteiger partial charge in [0.25, 0.3) is 5.95 Å². The Kier molecular flexibility index (Phi) is 8.66. The summed E-state index contributed by atoms with van der Waals surface area (Å²) in [5, 5.41) is 17.7. The second-order valence-corrected chi connectivity index (χ2v) is 10.9. The third-order valence-corrected chi connectivity index (χ3v) is 7.85. The fourth-order valence-corrected chi connectivity index (χ4v) is 5.24. The van der Waals surface area contributed by atoms with Gasteiger partial charge in [-0.25, -0.2) is 13.5 Å². The van der Waals surface area contributed by atoms with E-state index in [0.717, 1.165) is 48.3 Å². The van der Waals surface area contributed by atoms with Gasteiger partial charge >= 0.3 is 0 Å². The van der Waals surface area contributed by atoms with E-state index in [1.165, 1.54) is 12.1 Å². The number of halogens is 2. The van der Waals surface area contributed by atoms with Crippen LogP contribution in [0, 0.1) is 18.6 Å². The van der Waals surface area contributed by atoms with Crippen LogP contribution in [0.2, 0.25) is 0 Å². The van der Waals surface area contributed by atoms with Crippen LogP contribution in [0.3, 0.4) is 0 Å². The molecular weight excluding hydrogens is 568 g/mol. The maximum absolute atomic E-state index is 13.6. The van der Waals surface area contributed by atoms with Gasteiger partial charge in [0, 0.05) is 69.7 Å². The molecule has 4 heterocycles. The summed E-state index contributed by atoms with van der Waals surface area (Å²) in [5.74, 6) is 0.940. The van der Waals surface area contributed by atoms with E-state index in [1.54, 1.807) is 18.0 Å². The van der Waals surface area contributed by atoms with Crippen LogP contribution < -0.4 is 19.9 Å². The summed E-state index contributed by atoms with van der Waals surface area (Å²) in [6, 6.07) is 11.4. The first kappa shape index (κ1) is 29.5. The third kappa shape index (κ3) is 6.79. The molecule has 0 saturated carbocycles. The van der Waals surface area contributed by atoms with E-state index in [4.69, 9.17) is 4.74 Å². The molecule has 0 atom stereocenters. The minimum absolute atomic E-state index is 0.385. The predicted molar refractivity (Wildman–Crippen MR) is 164 cm³/mol. The molecule has 2 N–H and O–H groups in total. The Labute approximate surface area is 254 Å². The van der Waals surface area contributed by atoms with Gasteiger partial charge in [0.05, 0.1) is 25.1 Å². The molecule has 0 unspecified atom stereocenters. The van der Waals surface area contributed by atoms with Crippen molar-refractivity contribution < 1.29 is 18.6 Å². The van der Waals surface area contributed by atoms with E-state index in [-0.39, 0.29) is 0 Å². The lowest BCUT2D eigenvalue weighted by Crippen LogP contribution is -2.51. The van der Waals surface area contributed by atoms with Gasteiger partial charge in [-0.15, -0.1) is 0 Å². The highest BCUT2D eigenvalue weighted by Gasteiger charge is 2.28. The number of benzene rings is 2. The molecule has 0 radical (unpaired) electrons.